The summed E-state index contributed by atoms with van der Waals surface area (Å²) >= 11 is 0. The third-order valence-electron chi connectivity index (χ3n) is 4.52. The fourth-order valence-corrected chi connectivity index (χ4v) is 3.26. The lowest BCUT2D eigenvalue weighted by Gasteiger charge is -2.36. The van der Waals surface area contributed by atoms with Crippen LogP contribution in [0.1, 0.15) is 30.4 Å². The molecule has 0 unspecified atom stereocenters. The van der Waals surface area contributed by atoms with Gasteiger partial charge in [0.2, 0.25) is 0 Å². The fraction of sp³-hybridized carbons (Fsp3) is 0.611. The van der Waals surface area contributed by atoms with Gasteiger partial charge in [0.15, 0.2) is 0 Å². The van der Waals surface area contributed by atoms with E-state index in [2.05, 4.69) is 23.3 Å². The molecule has 1 heterocycles. The van der Waals surface area contributed by atoms with Crippen molar-refractivity contribution in [1.82, 2.24) is 9.80 Å². The first kappa shape index (κ1) is 17.8. The molecule has 0 bridgehead atoms. The number of nitrogens with one attached hydrogen (secondary N) is 1. The Morgan fingerprint density at radius 1 is 1.26 bits per heavy atom. The van der Waals surface area contributed by atoms with E-state index in [4.69, 9.17) is 5.11 Å². The summed E-state index contributed by atoms with van der Waals surface area (Å²) in [6.07, 6.45) is 2.79. The Balaban J connectivity index is 1.83. The van der Waals surface area contributed by atoms with Gasteiger partial charge < -0.3 is 20.2 Å². The van der Waals surface area contributed by atoms with Crippen molar-refractivity contribution in [3.63, 3.8) is 0 Å². The summed E-state index contributed by atoms with van der Waals surface area (Å²) in [6.45, 7) is 6.79. The Morgan fingerprint density at radius 3 is 2.43 bits per heavy atom. The van der Waals surface area contributed by atoms with Gasteiger partial charge in [0.25, 0.3) is 0 Å². The smallest absolute Gasteiger partial charge is 0.321 e. The number of urea groups is 1. The number of rotatable bonds is 5. The maximum atomic E-state index is 12.4. The van der Waals surface area contributed by atoms with Gasteiger partial charge >= 0.3 is 6.03 Å². The molecule has 0 atom stereocenters. The molecule has 128 valence electrons. The van der Waals surface area contributed by atoms with E-state index in [-0.39, 0.29) is 12.6 Å². The number of carbonyl (C=O) groups excluding carboxylic acids is 1. The molecule has 0 radical (unpaired) electrons. The van der Waals surface area contributed by atoms with E-state index in [1.54, 1.807) is 0 Å². The minimum Gasteiger partial charge on any atom is -0.396 e. The Hall–Kier alpha value is -1.59. The predicted octanol–water partition coefficient (Wildman–Crippen LogP) is 2.61. The number of piperidine rings is 1. The second-order valence-corrected chi connectivity index (χ2v) is 6.58. The highest BCUT2D eigenvalue weighted by Gasteiger charge is 2.25. The number of aliphatic hydroxyl groups excluding tert-OH is 1. The van der Waals surface area contributed by atoms with Crippen LogP contribution in [-0.2, 0) is 0 Å². The highest BCUT2D eigenvalue weighted by atomic mass is 16.3. The van der Waals surface area contributed by atoms with Crippen molar-refractivity contribution in [2.24, 2.45) is 0 Å². The summed E-state index contributed by atoms with van der Waals surface area (Å²) < 4.78 is 0. The van der Waals surface area contributed by atoms with Crippen LogP contribution in [0.25, 0.3) is 0 Å². The molecule has 1 aromatic rings. The van der Waals surface area contributed by atoms with Crippen molar-refractivity contribution in [2.45, 2.75) is 39.2 Å². The molecule has 2 amide bonds. The van der Waals surface area contributed by atoms with Crippen molar-refractivity contribution >= 4 is 11.7 Å². The first-order valence-corrected chi connectivity index (χ1v) is 8.45. The number of nitrogens with zero attached hydrogens (tertiary/aromatic N) is 2. The zero-order chi connectivity index (χ0) is 16.8. The van der Waals surface area contributed by atoms with Crippen LogP contribution in [0.15, 0.2) is 18.2 Å². The Kier molecular flexibility index (Phi) is 6.42. The van der Waals surface area contributed by atoms with Gasteiger partial charge in [0, 0.05) is 38.0 Å². The predicted molar refractivity (Wildman–Crippen MR) is 93.9 cm³/mol. The molecule has 5 heteroatoms. The van der Waals surface area contributed by atoms with Crippen LogP contribution < -0.4 is 5.32 Å². The largest absolute Gasteiger partial charge is 0.396 e. The van der Waals surface area contributed by atoms with Crippen LogP contribution in [-0.4, -0.2) is 60.3 Å². The van der Waals surface area contributed by atoms with Crippen LogP contribution in [0.3, 0.4) is 0 Å². The summed E-state index contributed by atoms with van der Waals surface area (Å²) in [4.78, 5) is 16.6. The molecule has 23 heavy (non-hydrogen) atoms. The number of amides is 2. The second kappa shape index (κ2) is 8.31. The maximum absolute atomic E-state index is 12.4. The summed E-state index contributed by atoms with van der Waals surface area (Å²) in [7, 11) is 2.10. The molecule has 5 nitrogen and oxygen atoms in total. The average Bonchev–Trinajstić information content (AvgIpc) is 2.51. The fourth-order valence-electron chi connectivity index (χ4n) is 3.26. The lowest BCUT2D eigenvalue weighted by atomic mass is 10.0. The van der Waals surface area contributed by atoms with Gasteiger partial charge in [-0.1, -0.05) is 6.07 Å². The van der Waals surface area contributed by atoms with Crippen LogP contribution in [0.5, 0.6) is 0 Å². The SMILES string of the molecule is Cc1cc(C)cc(NC(=O)N2CCC(N(C)CCCO)CC2)c1. The summed E-state index contributed by atoms with van der Waals surface area (Å²) in [5, 5.41) is 11.9. The molecule has 0 aliphatic carbocycles. The third kappa shape index (κ3) is 5.22. The molecule has 1 aliphatic heterocycles. The highest BCUT2D eigenvalue weighted by molar-refractivity contribution is 5.89. The molecule has 1 fully saturated rings. The van der Waals surface area contributed by atoms with Gasteiger partial charge in [-0.2, -0.15) is 0 Å². The number of hydrogen-bond donors (Lipinski definition) is 2. The Morgan fingerprint density at radius 2 is 1.87 bits per heavy atom. The van der Waals surface area contributed by atoms with Gasteiger partial charge in [-0.25, -0.2) is 4.79 Å². The van der Waals surface area contributed by atoms with Crippen molar-refractivity contribution in [1.29, 1.82) is 0 Å². The summed E-state index contributed by atoms with van der Waals surface area (Å²) in [5.41, 5.74) is 3.18. The second-order valence-electron chi connectivity index (χ2n) is 6.58. The minimum atomic E-state index is -0.00791. The third-order valence-corrected chi connectivity index (χ3v) is 4.52. The molecule has 1 saturated heterocycles. The number of carbonyl (C=O) groups is 1. The lowest BCUT2D eigenvalue weighted by molar-refractivity contribution is 0.134. The van der Waals surface area contributed by atoms with Gasteiger partial charge in [0.05, 0.1) is 0 Å². The Labute approximate surface area is 139 Å². The summed E-state index contributed by atoms with van der Waals surface area (Å²) in [6, 6.07) is 6.60. The zero-order valence-corrected chi connectivity index (χ0v) is 14.5. The standard InChI is InChI=1S/C18H29N3O2/c1-14-11-15(2)13-16(12-14)19-18(23)21-8-5-17(6-9-21)20(3)7-4-10-22/h11-13,17,22H,4-10H2,1-3H3,(H,19,23). The van der Waals surface area contributed by atoms with E-state index >= 15 is 0 Å². The van der Waals surface area contributed by atoms with Gasteiger partial charge in [0.1, 0.15) is 0 Å². The number of hydrogen-bond acceptors (Lipinski definition) is 3. The topological polar surface area (TPSA) is 55.8 Å². The first-order chi connectivity index (χ1) is 11.0. The van der Waals surface area contributed by atoms with Gasteiger partial charge in [-0.3, -0.25) is 0 Å². The highest BCUT2D eigenvalue weighted by Crippen LogP contribution is 2.18. The lowest BCUT2D eigenvalue weighted by Crippen LogP contribution is -2.47. The number of likely N-dealkylation sites (tertiary alicyclic amines) is 1. The molecular weight excluding hydrogens is 290 g/mol. The Bertz CT molecular complexity index is 505. The average molecular weight is 319 g/mol. The zero-order valence-electron chi connectivity index (χ0n) is 14.5. The van der Waals surface area contributed by atoms with E-state index in [0.29, 0.717) is 6.04 Å². The molecule has 2 N–H and O–H groups in total. The van der Waals surface area contributed by atoms with Crippen molar-refractivity contribution < 1.29 is 9.90 Å². The van der Waals surface area contributed by atoms with Crippen molar-refractivity contribution in [2.75, 3.05) is 38.6 Å². The van der Waals surface area contributed by atoms with E-state index in [1.807, 2.05) is 30.9 Å². The number of benzene rings is 1. The maximum Gasteiger partial charge on any atom is 0.321 e. The van der Waals surface area contributed by atoms with Crippen LogP contribution in [0, 0.1) is 13.8 Å². The number of aryl methyl sites for hydroxylation is 2. The molecule has 1 aliphatic rings. The van der Waals surface area contributed by atoms with E-state index in [0.717, 1.165) is 55.7 Å². The molecule has 0 spiro atoms. The van der Waals surface area contributed by atoms with Gasteiger partial charge in [-0.15, -0.1) is 0 Å². The van der Waals surface area contributed by atoms with E-state index in [9.17, 15) is 4.79 Å². The molecule has 0 saturated carbocycles. The quantitative estimate of drug-likeness (QED) is 0.877. The molecule has 2 rings (SSSR count). The monoisotopic (exact) mass is 319 g/mol. The molecular formula is C18H29N3O2. The van der Waals surface area contributed by atoms with Crippen molar-refractivity contribution in [3.8, 4) is 0 Å². The van der Waals surface area contributed by atoms with Crippen molar-refractivity contribution in [3.05, 3.63) is 29.3 Å². The number of anilines is 1. The van der Waals surface area contributed by atoms with Crippen LogP contribution in [0.4, 0.5) is 10.5 Å². The van der Waals surface area contributed by atoms with Gasteiger partial charge in [-0.05, 0) is 63.4 Å². The van der Waals surface area contributed by atoms with Crippen LogP contribution in [0.2, 0.25) is 0 Å². The number of aliphatic hydroxyl groups is 1. The van der Waals surface area contributed by atoms with E-state index in [1.165, 1.54) is 0 Å². The molecule has 0 aromatic heterocycles. The normalized spacial score (nSPS) is 16.0. The molecule has 1 aromatic carbocycles. The van der Waals surface area contributed by atoms with E-state index < -0.39 is 0 Å². The van der Waals surface area contributed by atoms with Crippen LogP contribution >= 0.6 is 0 Å². The summed E-state index contributed by atoms with van der Waals surface area (Å²) in [5.74, 6) is 0. The minimum absolute atomic E-state index is 0.00791. The first-order valence-electron chi connectivity index (χ1n) is 8.45.